The van der Waals surface area contributed by atoms with E-state index in [0.29, 0.717) is 13.2 Å². The molecule has 0 spiro atoms. The van der Waals surface area contributed by atoms with E-state index in [-0.39, 0.29) is 12.3 Å². The van der Waals surface area contributed by atoms with Crippen LogP contribution in [0.3, 0.4) is 0 Å². The van der Waals surface area contributed by atoms with Crippen molar-refractivity contribution in [2.24, 2.45) is 5.10 Å². The van der Waals surface area contributed by atoms with Gasteiger partial charge in [0.25, 0.3) is 0 Å². The number of carbonyl (C=O) groups excluding carboxylic acids is 1. The maximum atomic E-state index is 12.1. The zero-order valence-corrected chi connectivity index (χ0v) is 16.7. The number of amides is 1. The molecular weight excluding hydrogens is 366 g/mol. The summed E-state index contributed by atoms with van der Waals surface area (Å²) in [5, 5.41) is 5.24. The molecule has 1 saturated heterocycles. The molecule has 1 fully saturated rings. The van der Waals surface area contributed by atoms with Crippen LogP contribution < -0.4 is 5.43 Å². The number of aromatic nitrogens is 1. The molecule has 6 nitrogen and oxygen atoms in total. The van der Waals surface area contributed by atoms with E-state index in [4.69, 9.17) is 9.47 Å². The quantitative estimate of drug-likeness (QED) is 0.516. The lowest BCUT2D eigenvalue weighted by atomic mass is 10.1. The Morgan fingerprint density at radius 1 is 1.17 bits per heavy atom. The van der Waals surface area contributed by atoms with Crippen LogP contribution in [0.15, 0.2) is 59.8 Å². The van der Waals surface area contributed by atoms with Gasteiger partial charge in [-0.2, -0.15) is 5.10 Å². The number of aryl methyl sites for hydroxylation is 1. The van der Waals surface area contributed by atoms with Crippen LogP contribution >= 0.6 is 0 Å². The van der Waals surface area contributed by atoms with Crippen LogP contribution in [-0.4, -0.2) is 35.7 Å². The average Bonchev–Trinajstić information content (AvgIpc) is 3.28. The van der Waals surface area contributed by atoms with Crippen molar-refractivity contribution in [3.8, 4) is 0 Å². The lowest BCUT2D eigenvalue weighted by Crippen LogP contribution is -2.33. The summed E-state index contributed by atoms with van der Waals surface area (Å²) in [7, 11) is 0. The summed E-state index contributed by atoms with van der Waals surface area (Å²) < 4.78 is 13.1. The number of fused-ring (bicyclic) bond motifs is 1. The highest BCUT2D eigenvalue weighted by Crippen LogP contribution is 2.23. The Balaban J connectivity index is 1.49. The monoisotopic (exact) mass is 391 g/mol. The smallest absolute Gasteiger partial charge is 0.245 e. The first kappa shape index (κ1) is 19.4. The van der Waals surface area contributed by atoms with Crippen molar-refractivity contribution in [1.82, 2.24) is 9.99 Å². The molecule has 0 radical (unpaired) electrons. The molecule has 0 bridgehead atoms. The van der Waals surface area contributed by atoms with Crippen LogP contribution in [-0.2, 0) is 20.8 Å². The number of nitrogens with zero attached hydrogens (tertiary/aromatic N) is 2. The second-order valence-electron chi connectivity index (χ2n) is 7.52. The first-order valence-electron chi connectivity index (χ1n) is 9.76. The average molecular weight is 391 g/mol. The number of nitrogens with one attached hydrogen (secondary N) is 1. The van der Waals surface area contributed by atoms with Crippen LogP contribution in [0.5, 0.6) is 0 Å². The van der Waals surface area contributed by atoms with E-state index in [1.807, 2.05) is 12.1 Å². The van der Waals surface area contributed by atoms with Gasteiger partial charge >= 0.3 is 0 Å². The molecule has 1 aromatic heterocycles. The molecule has 2 aromatic carbocycles. The number of benzene rings is 2. The third-order valence-corrected chi connectivity index (χ3v) is 5.07. The fourth-order valence-electron chi connectivity index (χ4n) is 3.56. The van der Waals surface area contributed by atoms with Gasteiger partial charge in [-0.05, 0) is 25.5 Å². The van der Waals surface area contributed by atoms with Gasteiger partial charge < -0.3 is 14.0 Å². The molecule has 3 aromatic rings. The summed E-state index contributed by atoms with van der Waals surface area (Å²) in [6.07, 6.45) is 3.86. The summed E-state index contributed by atoms with van der Waals surface area (Å²) in [5.74, 6) is -1.10. The largest absolute Gasteiger partial charge is 0.347 e. The van der Waals surface area contributed by atoms with Gasteiger partial charge in [0, 0.05) is 29.2 Å². The van der Waals surface area contributed by atoms with Crippen molar-refractivity contribution >= 4 is 23.0 Å². The van der Waals surface area contributed by atoms with E-state index in [1.165, 1.54) is 11.1 Å². The topological polar surface area (TPSA) is 64.9 Å². The molecular formula is C23H25N3O3. The zero-order chi connectivity index (χ0) is 20.3. The number of para-hydroxylation sites is 1. The standard InChI is InChI=1S/C23H25N3O3/c1-17-7-9-18(10-8-17)15-26-16-19(20-5-3-4-6-21(20)26)14-24-25-22(27)13-23(2)28-11-12-29-23/h3-10,14,16H,11-13,15H2,1-2H3,(H,25,27)/b24-14-. The van der Waals surface area contributed by atoms with Gasteiger partial charge in [-0.25, -0.2) is 5.43 Å². The highest BCUT2D eigenvalue weighted by atomic mass is 16.7. The highest BCUT2D eigenvalue weighted by Gasteiger charge is 2.33. The number of carbonyl (C=O) groups is 1. The van der Waals surface area contributed by atoms with Crippen molar-refractivity contribution in [3.63, 3.8) is 0 Å². The van der Waals surface area contributed by atoms with Crippen molar-refractivity contribution < 1.29 is 14.3 Å². The SMILES string of the molecule is Cc1ccc(Cn2cc(/C=N\NC(=O)CC3(C)OCCO3)c3ccccc32)cc1. The fourth-order valence-corrected chi connectivity index (χ4v) is 3.56. The Hall–Kier alpha value is -2.96. The van der Waals surface area contributed by atoms with E-state index in [1.54, 1.807) is 13.1 Å². The van der Waals surface area contributed by atoms with Crippen LogP contribution in [0.2, 0.25) is 0 Å². The molecule has 1 N–H and O–H groups in total. The Bertz CT molecular complexity index is 1030. The van der Waals surface area contributed by atoms with E-state index in [0.717, 1.165) is 23.0 Å². The molecule has 0 unspecified atom stereocenters. The Kier molecular flexibility index (Phi) is 5.47. The van der Waals surface area contributed by atoms with Crippen LogP contribution in [0.4, 0.5) is 0 Å². The van der Waals surface area contributed by atoms with Gasteiger partial charge in [0.15, 0.2) is 5.79 Å². The summed E-state index contributed by atoms with van der Waals surface area (Å²) in [4.78, 5) is 12.1. The Morgan fingerprint density at radius 3 is 2.66 bits per heavy atom. The van der Waals surface area contributed by atoms with Gasteiger partial charge in [-0.3, -0.25) is 4.79 Å². The maximum absolute atomic E-state index is 12.1. The minimum absolute atomic E-state index is 0.111. The normalized spacial score (nSPS) is 15.9. The highest BCUT2D eigenvalue weighted by molar-refractivity contribution is 5.99. The van der Waals surface area contributed by atoms with Crippen LogP contribution in [0.25, 0.3) is 10.9 Å². The van der Waals surface area contributed by atoms with Gasteiger partial charge in [-0.15, -0.1) is 0 Å². The van der Waals surface area contributed by atoms with E-state index in [9.17, 15) is 4.79 Å². The van der Waals surface area contributed by atoms with Crippen molar-refractivity contribution in [1.29, 1.82) is 0 Å². The number of hydrogen-bond acceptors (Lipinski definition) is 4. The second-order valence-corrected chi connectivity index (χ2v) is 7.52. The molecule has 1 aliphatic rings. The fraction of sp³-hybridized carbons (Fsp3) is 0.304. The van der Waals surface area contributed by atoms with Crippen molar-refractivity contribution in [2.45, 2.75) is 32.6 Å². The molecule has 1 aliphatic heterocycles. The Labute approximate surface area is 170 Å². The third-order valence-electron chi connectivity index (χ3n) is 5.07. The summed E-state index contributed by atoms with van der Waals surface area (Å²) >= 11 is 0. The molecule has 6 heteroatoms. The molecule has 29 heavy (non-hydrogen) atoms. The van der Waals surface area contributed by atoms with E-state index < -0.39 is 5.79 Å². The Morgan fingerprint density at radius 2 is 1.90 bits per heavy atom. The summed E-state index contributed by atoms with van der Waals surface area (Å²) in [5.41, 5.74) is 7.13. The lowest BCUT2D eigenvalue weighted by Gasteiger charge is -2.20. The van der Waals surface area contributed by atoms with E-state index in [2.05, 4.69) is 64.6 Å². The molecule has 1 amide bonds. The summed E-state index contributed by atoms with van der Waals surface area (Å²) in [6, 6.07) is 16.7. The number of hydrazone groups is 1. The van der Waals surface area contributed by atoms with E-state index >= 15 is 0 Å². The van der Waals surface area contributed by atoms with Gasteiger partial charge in [0.1, 0.15) is 0 Å². The predicted octanol–water partition coefficient (Wildman–Crippen LogP) is 3.60. The van der Waals surface area contributed by atoms with Gasteiger partial charge in [0.05, 0.1) is 25.8 Å². The maximum Gasteiger partial charge on any atom is 0.245 e. The number of rotatable bonds is 6. The predicted molar refractivity (Wildman–Crippen MR) is 113 cm³/mol. The first-order valence-corrected chi connectivity index (χ1v) is 9.76. The molecule has 0 atom stereocenters. The lowest BCUT2D eigenvalue weighted by molar-refractivity contribution is -0.159. The third kappa shape index (κ3) is 4.55. The van der Waals surface area contributed by atoms with Crippen molar-refractivity contribution in [3.05, 3.63) is 71.4 Å². The van der Waals surface area contributed by atoms with Gasteiger partial charge in [0.2, 0.25) is 5.91 Å². The molecule has 150 valence electrons. The zero-order valence-electron chi connectivity index (χ0n) is 16.7. The first-order chi connectivity index (χ1) is 14.0. The van der Waals surface area contributed by atoms with Crippen LogP contribution in [0.1, 0.15) is 30.0 Å². The molecule has 4 rings (SSSR count). The number of ether oxygens (including phenoxy) is 2. The van der Waals surface area contributed by atoms with Crippen molar-refractivity contribution in [2.75, 3.05) is 13.2 Å². The molecule has 0 aliphatic carbocycles. The van der Waals surface area contributed by atoms with Crippen LogP contribution in [0, 0.1) is 6.92 Å². The summed E-state index contributed by atoms with van der Waals surface area (Å²) in [6.45, 7) is 5.64. The minimum atomic E-state index is -0.857. The number of hydrogen-bond donors (Lipinski definition) is 1. The molecule has 2 heterocycles. The van der Waals surface area contributed by atoms with Gasteiger partial charge in [-0.1, -0.05) is 48.0 Å². The second kappa shape index (κ2) is 8.19. The molecule has 0 saturated carbocycles. The minimum Gasteiger partial charge on any atom is -0.347 e.